The minimum Gasteiger partial charge on any atom is -0.330 e. The number of nitrogens with one attached hydrogen (secondary N) is 1. The van der Waals surface area contributed by atoms with Crippen molar-refractivity contribution in [3.63, 3.8) is 0 Å². The summed E-state index contributed by atoms with van der Waals surface area (Å²) in [6.45, 7) is 3.71. The molecule has 1 saturated heterocycles. The third-order valence-corrected chi connectivity index (χ3v) is 7.42. The number of fused-ring (bicyclic) bond motifs is 1. The van der Waals surface area contributed by atoms with Crippen molar-refractivity contribution in [2.45, 2.75) is 44.0 Å². The Balaban J connectivity index is 1.42. The zero-order chi connectivity index (χ0) is 21.1. The Bertz CT molecular complexity index is 1150. The Morgan fingerprint density at radius 1 is 1.10 bits per heavy atom. The van der Waals surface area contributed by atoms with Gasteiger partial charge in [0.1, 0.15) is 0 Å². The Morgan fingerprint density at radius 2 is 1.83 bits per heavy atom. The second-order valence-electron chi connectivity index (χ2n) is 7.55. The molecule has 1 N–H and O–H groups in total. The topological polar surface area (TPSA) is 84.3 Å². The number of carbonyl (C=O) groups excluding carboxylic acids is 1. The van der Waals surface area contributed by atoms with Gasteiger partial charge in [0.05, 0.1) is 22.3 Å². The molecule has 1 amide bonds. The van der Waals surface area contributed by atoms with E-state index in [0.717, 1.165) is 30.5 Å². The first kappa shape index (κ1) is 20.6. The minimum absolute atomic E-state index is 0.0747. The number of hydrogen-bond donors (Lipinski definition) is 1. The maximum atomic E-state index is 12.8. The quantitative estimate of drug-likeness (QED) is 0.627. The largest absolute Gasteiger partial charge is 0.330 e. The molecule has 0 aliphatic carbocycles. The van der Waals surface area contributed by atoms with Crippen LogP contribution in [-0.2, 0) is 27.8 Å². The second kappa shape index (κ2) is 8.57. The lowest BCUT2D eigenvalue weighted by molar-refractivity contribution is -0.116. The van der Waals surface area contributed by atoms with E-state index in [2.05, 4.69) is 17.2 Å². The van der Waals surface area contributed by atoms with Crippen LogP contribution < -0.4 is 5.32 Å². The van der Waals surface area contributed by atoms with Gasteiger partial charge < -0.3 is 9.88 Å². The molecule has 0 spiro atoms. The first-order chi connectivity index (χ1) is 14.5. The van der Waals surface area contributed by atoms with Gasteiger partial charge in [0.25, 0.3) is 0 Å². The van der Waals surface area contributed by atoms with E-state index in [9.17, 15) is 13.2 Å². The van der Waals surface area contributed by atoms with Crippen molar-refractivity contribution in [1.82, 2.24) is 13.9 Å². The minimum atomic E-state index is -3.47. The Hall–Kier alpha value is -2.71. The number of imidazole rings is 1. The van der Waals surface area contributed by atoms with Crippen LogP contribution in [0.5, 0.6) is 0 Å². The van der Waals surface area contributed by atoms with Gasteiger partial charge >= 0.3 is 0 Å². The van der Waals surface area contributed by atoms with E-state index in [0.29, 0.717) is 31.6 Å². The smallest absolute Gasteiger partial charge is 0.243 e. The molecule has 2 aromatic carbocycles. The average molecular weight is 427 g/mol. The van der Waals surface area contributed by atoms with E-state index in [-0.39, 0.29) is 10.8 Å². The van der Waals surface area contributed by atoms with E-state index in [4.69, 9.17) is 0 Å². The van der Waals surface area contributed by atoms with Gasteiger partial charge in [-0.05, 0) is 55.2 Å². The molecule has 7 nitrogen and oxygen atoms in total. The van der Waals surface area contributed by atoms with Crippen molar-refractivity contribution in [3.05, 3.63) is 54.4 Å². The van der Waals surface area contributed by atoms with Gasteiger partial charge in [-0.3, -0.25) is 4.79 Å². The van der Waals surface area contributed by atoms with Crippen LogP contribution in [0.3, 0.4) is 0 Å². The fourth-order valence-electron chi connectivity index (χ4n) is 3.73. The summed E-state index contributed by atoms with van der Waals surface area (Å²) in [6.07, 6.45) is 4.72. The third-order valence-electron chi connectivity index (χ3n) is 5.52. The molecule has 2 heterocycles. The van der Waals surface area contributed by atoms with Crippen molar-refractivity contribution < 1.29 is 13.2 Å². The number of carbonyl (C=O) groups is 1. The lowest BCUT2D eigenvalue weighted by atomic mass is 10.1. The number of hydrogen-bond acceptors (Lipinski definition) is 4. The molecule has 1 aliphatic heterocycles. The molecular formula is C22H26N4O3S. The molecule has 0 saturated carbocycles. The van der Waals surface area contributed by atoms with E-state index >= 15 is 0 Å². The first-order valence-corrected chi connectivity index (χ1v) is 11.8. The lowest BCUT2D eigenvalue weighted by Crippen LogP contribution is -2.27. The summed E-state index contributed by atoms with van der Waals surface area (Å²) < 4.78 is 28.9. The maximum absolute atomic E-state index is 12.8. The summed E-state index contributed by atoms with van der Waals surface area (Å²) in [5.41, 5.74) is 3.44. The molecule has 4 rings (SSSR count). The summed E-state index contributed by atoms with van der Waals surface area (Å²) in [4.78, 5) is 16.9. The Kier molecular flexibility index (Phi) is 5.87. The summed E-state index contributed by atoms with van der Waals surface area (Å²) >= 11 is 0. The predicted octanol–water partition coefficient (Wildman–Crippen LogP) is 3.41. The highest BCUT2D eigenvalue weighted by Crippen LogP contribution is 2.24. The van der Waals surface area contributed by atoms with E-state index in [1.807, 2.05) is 28.8 Å². The summed E-state index contributed by atoms with van der Waals surface area (Å²) in [6, 6.07) is 12.8. The molecule has 3 aromatic rings. The number of aryl methyl sites for hydroxylation is 2. The molecule has 1 aromatic heterocycles. The molecule has 0 radical (unpaired) electrons. The molecule has 0 atom stereocenters. The number of anilines is 1. The lowest BCUT2D eigenvalue weighted by Gasteiger charge is -2.15. The highest BCUT2D eigenvalue weighted by Gasteiger charge is 2.27. The number of amides is 1. The molecule has 158 valence electrons. The van der Waals surface area contributed by atoms with Crippen molar-refractivity contribution in [3.8, 4) is 0 Å². The van der Waals surface area contributed by atoms with Crippen LogP contribution >= 0.6 is 0 Å². The van der Waals surface area contributed by atoms with E-state index < -0.39 is 10.0 Å². The number of rotatable bonds is 7. The summed E-state index contributed by atoms with van der Waals surface area (Å²) in [5.74, 6) is -0.0747. The van der Waals surface area contributed by atoms with Crippen LogP contribution in [0.4, 0.5) is 5.69 Å². The summed E-state index contributed by atoms with van der Waals surface area (Å²) in [5, 5.41) is 2.91. The molecule has 1 fully saturated rings. The SMILES string of the molecule is CCc1ccc(NC(=O)CCn2cnc3cc(S(=O)(=O)N4CCCC4)ccc32)cc1. The fraction of sp³-hybridized carbons (Fsp3) is 0.364. The molecule has 8 heteroatoms. The highest BCUT2D eigenvalue weighted by molar-refractivity contribution is 7.89. The van der Waals surface area contributed by atoms with Crippen molar-refractivity contribution in [1.29, 1.82) is 0 Å². The molecule has 30 heavy (non-hydrogen) atoms. The van der Waals surface area contributed by atoms with E-state index in [1.54, 1.807) is 24.5 Å². The van der Waals surface area contributed by atoms with Crippen molar-refractivity contribution in [2.75, 3.05) is 18.4 Å². The van der Waals surface area contributed by atoms with Crippen LogP contribution in [-0.4, -0.2) is 41.3 Å². The zero-order valence-electron chi connectivity index (χ0n) is 17.0. The van der Waals surface area contributed by atoms with Crippen LogP contribution in [0, 0.1) is 0 Å². The number of sulfonamides is 1. The van der Waals surface area contributed by atoms with Gasteiger partial charge in [-0.25, -0.2) is 13.4 Å². The van der Waals surface area contributed by atoms with Crippen molar-refractivity contribution in [2.24, 2.45) is 0 Å². The summed E-state index contributed by atoms with van der Waals surface area (Å²) in [7, 11) is -3.47. The predicted molar refractivity (Wildman–Crippen MR) is 117 cm³/mol. The normalized spacial score (nSPS) is 15.0. The van der Waals surface area contributed by atoms with Crippen LogP contribution in [0.25, 0.3) is 11.0 Å². The standard InChI is InChI=1S/C22H26N4O3S/c1-2-17-5-7-18(8-6-17)24-22(27)11-14-25-16-23-20-15-19(9-10-21(20)25)30(28,29)26-12-3-4-13-26/h5-10,15-16H,2-4,11-14H2,1H3,(H,24,27). The number of nitrogens with zero attached hydrogens (tertiary/aromatic N) is 3. The van der Waals surface area contributed by atoms with Crippen LogP contribution in [0.2, 0.25) is 0 Å². The molecule has 0 bridgehead atoms. The maximum Gasteiger partial charge on any atom is 0.243 e. The Labute approximate surface area is 176 Å². The van der Waals surface area contributed by atoms with Gasteiger partial charge in [-0.1, -0.05) is 19.1 Å². The zero-order valence-corrected chi connectivity index (χ0v) is 17.9. The first-order valence-electron chi connectivity index (χ1n) is 10.3. The van der Waals surface area contributed by atoms with E-state index in [1.165, 1.54) is 9.87 Å². The van der Waals surface area contributed by atoms with Crippen LogP contribution in [0.1, 0.15) is 31.7 Å². The molecular weight excluding hydrogens is 400 g/mol. The monoisotopic (exact) mass is 426 g/mol. The van der Waals surface area contributed by atoms with Crippen molar-refractivity contribution >= 4 is 32.7 Å². The average Bonchev–Trinajstić information content (AvgIpc) is 3.43. The number of benzene rings is 2. The van der Waals surface area contributed by atoms with Gasteiger partial charge in [0, 0.05) is 31.7 Å². The van der Waals surface area contributed by atoms with Crippen LogP contribution in [0.15, 0.2) is 53.7 Å². The molecule has 0 unspecified atom stereocenters. The van der Waals surface area contributed by atoms with Gasteiger partial charge in [-0.15, -0.1) is 0 Å². The van der Waals surface area contributed by atoms with Gasteiger partial charge in [0.15, 0.2) is 0 Å². The van der Waals surface area contributed by atoms with Gasteiger partial charge in [-0.2, -0.15) is 4.31 Å². The second-order valence-corrected chi connectivity index (χ2v) is 9.49. The highest BCUT2D eigenvalue weighted by atomic mass is 32.2. The Morgan fingerprint density at radius 3 is 2.53 bits per heavy atom. The molecule has 1 aliphatic rings. The fourth-order valence-corrected chi connectivity index (χ4v) is 5.27. The van der Waals surface area contributed by atoms with Gasteiger partial charge in [0.2, 0.25) is 15.9 Å². The third kappa shape index (κ3) is 4.24. The number of aromatic nitrogens is 2.